The predicted molar refractivity (Wildman–Crippen MR) is 68.3 cm³/mol. The summed E-state index contributed by atoms with van der Waals surface area (Å²) in [5.41, 5.74) is 0.209. The first-order chi connectivity index (χ1) is 9.97. The number of fused-ring (bicyclic) bond motifs is 1. The number of ether oxygens (including phenoxy) is 2. The van der Waals surface area contributed by atoms with Gasteiger partial charge in [0.15, 0.2) is 11.5 Å². The maximum Gasteiger partial charge on any atom is 0.326 e. The van der Waals surface area contributed by atoms with Crippen molar-refractivity contribution in [1.82, 2.24) is 5.32 Å². The lowest BCUT2D eigenvalue weighted by Gasteiger charge is -2.13. The van der Waals surface area contributed by atoms with Gasteiger partial charge in [0.1, 0.15) is 6.04 Å². The first-order valence-corrected chi connectivity index (χ1v) is 6.12. The van der Waals surface area contributed by atoms with E-state index in [-0.39, 0.29) is 25.2 Å². The molecule has 0 fully saturated rings. The summed E-state index contributed by atoms with van der Waals surface area (Å²) in [7, 11) is 0. The van der Waals surface area contributed by atoms with Gasteiger partial charge >= 0.3 is 11.9 Å². The van der Waals surface area contributed by atoms with Gasteiger partial charge in [-0.1, -0.05) is 0 Å². The third-order valence-corrected chi connectivity index (χ3v) is 2.89. The molecule has 112 valence electrons. The van der Waals surface area contributed by atoms with Crippen molar-refractivity contribution in [3.05, 3.63) is 23.8 Å². The molecule has 8 heteroatoms. The molecule has 8 nitrogen and oxygen atoms in total. The van der Waals surface area contributed by atoms with Crippen LogP contribution >= 0.6 is 0 Å². The molecule has 2 rings (SSSR count). The molecule has 1 aromatic rings. The van der Waals surface area contributed by atoms with Crippen LogP contribution in [0.2, 0.25) is 0 Å². The van der Waals surface area contributed by atoms with Gasteiger partial charge in [0.05, 0.1) is 0 Å². The standard InChI is InChI=1S/C13H13NO7/c15-11(16)4-2-8(13(18)19)14-12(17)7-1-3-9-10(5-7)21-6-20-9/h1,3,5,8H,2,4,6H2,(H,14,17)(H,15,16)(H,18,19). The van der Waals surface area contributed by atoms with Crippen LogP contribution in [0, 0.1) is 0 Å². The van der Waals surface area contributed by atoms with Gasteiger partial charge in [-0.2, -0.15) is 0 Å². The number of aliphatic carboxylic acids is 2. The van der Waals surface area contributed by atoms with Crippen LogP contribution < -0.4 is 14.8 Å². The van der Waals surface area contributed by atoms with Gasteiger partial charge in [0, 0.05) is 12.0 Å². The molecular formula is C13H13NO7. The van der Waals surface area contributed by atoms with Gasteiger partial charge in [0.2, 0.25) is 6.79 Å². The number of carbonyl (C=O) groups is 3. The molecule has 1 aliphatic heterocycles. The summed E-state index contributed by atoms with van der Waals surface area (Å²) in [4.78, 5) is 33.5. The molecule has 1 amide bonds. The summed E-state index contributed by atoms with van der Waals surface area (Å²) in [5.74, 6) is -2.12. The van der Waals surface area contributed by atoms with Crippen LogP contribution in [-0.2, 0) is 9.59 Å². The highest BCUT2D eigenvalue weighted by Gasteiger charge is 2.23. The lowest BCUT2D eigenvalue weighted by Crippen LogP contribution is -2.41. The van der Waals surface area contributed by atoms with Gasteiger partial charge in [-0.3, -0.25) is 9.59 Å². The average molecular weight is 295 g/mol. The first-order valence-electron chi connectivity index (χ1n) is 6.12. The van der Waals surface area contributed by atoms with Crippen molar-refractivity contribution < 1.29 is 34.1 Å². The van der Waals surface area contributed by atoms with Gasteiger partial charge in [-0.15, -0.1) is 0 Å². The molecule has 1 aliphatic rings. The number of hydrogen-bond donors (Lipinski definition) is 3. The third-order valence-electron chi connectivity index (χ3n) is 2.89. The maximum atomic E-state index is 12.0. The predicted octanol–water partition coefficient (Wildman–Crippen LogP) is 0.463. The normalized spacial score (nSPS) is 13.5. The van der Waals surface area contributed by atoms with Crippen LogP contribution in [0.1, 0.15) is 23.2 Å². The molecular weight excluding hydrogens is 282 g/mol. The Morgan fingerprint density at radius 3 is 2.57 bits per heavy atom. The van der Waals surface area contributed by atoms with E-state index in [2.05, 4.69) is 5.32 Å². The zero-order valence-corrected chi connectivity index (χ0v) is 10.9. The zero-order chi connectivity index (χ0) is 15.4. The molecule has 1 heterocycles. The number of carboxylic acid groups (broad SMARTS) is 2. The van der Waals surface area contributed by atoms with Crippen molar-refractivity contribution >= 4 is 17.8 Å². The van der Waals surface area contributed by atoms with Crippen LogP contribution in [0.15, 0.2) is 18.2 Å². The lowest BCUT2D eigenvalue weighted by molar-refractivity contribution is -0.140. The second-order valence-electron chi connectivity index (χ2n) is 4.36. The van der Waals surface area contributed by atoms with Gasteiger partial charge in [-0.25, -0.2) is 4.79 Å². The van der Waals surface area contributed by atoms with Gasteiger partial charge in [-0.05, 0) is 24.6 Å². The summed E-state index contributed by atoms with van der Waals surface area (Å²) >= 11 is 0. The van der Waals surface area contributed by atoms with E-state index in [9.17, 15) is 14.4 Å². The molecule has 3 N–H and O–H groups in total. The molecule has 0 aromatic heterocycles. The highest BCUT2D eigenvalue weighted by atomic mass is 16.7. The Morgan fingerprint density at radius 1 is 1.19 bits per heavy atom. The van der Waals surface area contributed by atoms with E-state index in [1.165, 1.54) is 12.1 Å². The fourth-order valence-electron chi connectivity index (χ4n) is 1.80. The Bertz CT molecular complexity index is 584. The van der Waals surface area contributed by atoms with Crippen molar-refractivity contribution in [2.75, 3.05) is 6.79 Å². The molecule has 0 saturated carbocycles. The molecule has 1 atom stereocenters. The molecule has 1 unspecified atom stereocenters. The lowest BCUT2D eigenvalue weighted by atomic mass is 10.1. The van der Waals surface area contributed by atoms with Crippen LogP contribution in [0.5, 0.6) is 11.5 Å². The summed E-state index contributed by atoms with van der Waals surface area (Å²) in [6.07, 6.45) is -0.542. The molecule has 0 bridgehead atoms. The fourth-order valence-corrected chi connectivity index (χ4v) is 1.80. The minimum Gasteiger partial charge on any atom is -0.481 e. The number of amides is 1. The minimum atomic E-state index is -1.29. The summed E-state index contributed by atoms with van der Waals surface area (Å²) in [6, 6.07) is 3.19. The van der Waals surface area contributed by atoms with Crippen LogP contribution in [0.25, 0.3) is 0 Å². The average Bonchev–Trinajstić information content (AvgIpc) is 2.89. The monoisotopic (exact) mass is 295 g/mol. The second kappa shape index (κ2) is 6.12. The Morgan fingerprint density at radius 2 is 1.90 bits per heavy atom. The quantitative estimate of drug-likeness (QED) is 0.697. The van der Waals surface area contributed by atoms with Crippen molar-refractivity contribution in [3.8, 4) is 11.5 Å². The van der Waals surface area contributed by atoms with E-state index < -0.39 is 23.9 Å². The largest absolute Gasteiger partial charge is 0.481 e. The number of carboxylic acids is 2. The number of carbonyl (C=O) groups excluding carboxylic acids is 1. The molecule has 1 aromatic carbocycles. The highest BCUT2D eigenvalue weighted by molar-refractivity contribution is 5.97. The Labute approximate surface area is 119 Å². The van der Waals surface area contributed by atoms with E-state index in [1.807, 2.05) is 0 Å². The number of nitrogens with one attached hydrogen (secondary N) is 1. The number of rotatable bonds is 6. The van der Waals surface area contributed by atoms with E-state index in [0.717, 1.165) is 0 Å². The smallest absolute Gasteiger partial charge is 0.326 e. The number of hydrogen-bond acceptors (Lipinski definition) is 5. The second-order valence-corrected chi connectivity index (χ2v) is 4.36. The molecule has 0 radical (unpaired) electrons. The van der Waals surface area contributed by atoms with E-state index in [1.54, 1.807) is 6.07 Å². The van der Waals surface area contributed by atoms with Gasteiger partial charge < -0.3 is 25.0 Å². The van der Waals surface area contributed by atoms with Gasteiger partial charge in [0.25, 0.3) is 5.91 Å². The van der Waals surface area contributed by atoms with Crippen LogP contribution in [0.3, 0.4) is 0 Å². The summed E-state index contributed by atoms with van der Waals surface area (Å²) < 4.78 is 10.2. The molecule has 21 heavy (non-hydrogen) atoms. The van der Waals surface area contributed by atoms with E-state index in [0.29, 0.717) is 11.5 Å². The third kappa shape index (κ3) is 3.62. The van der Waals surface area contributed by atoms with Crippen LogP contribution in [-0.4, -0.2) is 40.9 Å². The fraction of sp³-hybridized carbons (Fsp3) is 0.308. The minimum absolute atomic E-state index is 0.0662. The molecule has 0 saturated heterocycles. The van der Waals surface area contributed by atoms with Crippen molar-refractivity contribution in [2.45, 2.75) is 18.9 Å². The van der Waals surface area contributed by atoms with Crippen LogP contribution in [0.4, 0.5) is 0 Å². The Hall–Kier alpha value is -2.77. The first kappa shape index (κ1) is 14.6. The zero-order valence-electron chi connectivity index (χ0n) is 10.9. The summed E-state index contributed by atoms with van der Waals surface area (Å²) in [6.45, 7) is 0.0662. The van der Waals surface area contributed by atoms with Crippen molar-refractivity contribution in [3.63, 3.8) is 0 Å². The topological polar surface area (TPSA) is 122 Å². The Balaban J connectivity index is 2.04. The molecule has 0 spiro atoms. The van der Waals surface area contributed by atoms with Crippen molar-refractivity contribution in [1.29, 1.82) is 0 Å². The maximum absolute atomic E-state index is 12.0. The van der Waals surface area contributed by atoms with E-state index >= 15 is 0 Å². The Kier molecular flexibility index (Phi) is 4.27. The molecule has 0 aliphatic carbocycles. The summed E-state index contributed by atoms with van der Waals surface area (Å²) in [5, 5.41) is 19.8. The number of benzene rings is 1. The van der Waals surface area contributed by atoms with E-state index in [4.69, 9.17) is 19.7 Å². The SMILES string of the molecule is O=C(O)CCC(NC(=O)c1ccc2c(c1)OCO2)C(=O)O. The van der Waals surface area contributed by atoms with Crippen molar-refractivity contribution in [2.24, 2.45) is 0 Å². The highest BCUT2D eigenvalue weighted by Crippen LogP contribution is 2.32.